The molecule has 0 saturated heterocycles. The van der Waals surface area contributed by atoms with Crippen molar-refractivity contribution in [2.24, 2.45) is 0 Å². The summed E-state index contributed by atoms with van der Waals surface area (Å²) in [6.07, 6.45) is 0.770. The largest absolute Gasteiger partial charge is 0.494 e. The number of fused-ring (bicyclic) bond motifs is 1. The van der Waals surface area contributed by atoms with Crippen LogP contribution < -0.4 is 10.1 Å². The zero-order chi connectivity index (χ0) is 21.5. The first kappa shape index (κ1) is 20.9. The second-order valence-corrected chi connectivity index (χ2v) is 7.63. The number of thiocarbonyl (C=S) groups is 1. The minimum Gasteiger partial charge on any atom is -0.494 e. The average Bonchev–Trinajstić information content (AvgIpc) is 3.22. The van der Waals surface area contributed by atoms with Gasteiger partial charge in [-0.15, -0.1) is 0 Å². The molecule has 158 valence electrons. The van der Waals surface area contributed by atoms with Crippen LogP contribution in [0, 0.1) is 0 Å². The molecule has 0 aliphatic carbocycles. The molecule has 6 heteroatoms. The van der Waals surface area contributed by atoms with Crippen molar-refractivity contribution in [1.82, 2.24) is 14.9 Å². The Morgan fingerprint density at radius 3 is 2.48 bits per heavy atom. The third kappa shape index (κ3) is 5.61. The summed E-state index contributed by atoms with van der Waals surface area (Å²) in [6.45, 7) is 4.10. The van der Waals surface area contributed by atoms with Gasteiger partial charge >= 0.3 is 0 Å². The van der Waals surface area contributed by atoms with E-state index in [0.717, 1.165) is 47.8 Å². The van der Waals surface area contributed by atoms with Gasteiger partial charge in [0, 0.05) is 25.2 Å². The maximum absolute atomic E-state index is 5.77. The van der Waals surface area contributed by atoms with E-state index in [1.54, 1.807) is 0 Å². The Bertz CT molecular complexity index is 1090. The quantitative estimate of drug-likeness (QED) is 0.367. The van der Waals surface area contributed by atoms with Crippen molar-refractivity contribution in [2.45, 2.75) is 19.9 Å². The molecule has 0 fully saturated rings. The van der Waals surface area contributed by atoms with Gasteiger partial charge in [0.05, 0.1) is 17.6 Å². The fraction of sp³-hybridized carbons (Fsp3) is 0.200. The number of ether oxygens (including phenoxy) is 1. The van der Waals surface area contributed by atoms with Gasteiger partial charge in [-0.1, -0.05) is 42.5 Å². The molecule has 5 nitrogen and oxygen atoms in total. The number of nitrogens with one attached hydrogen (secondary N) is 2. The number of aromatic amines is 1. The van der Waals surface area contributed by atoms with E-state index in [1.807, 2.05) is 61.5 Å². The second-order valence-electron chi connectivity index (χ2n) is 7.25. The summed E-state index contributed by atoms with van der Waals surface area (Å²) >= 11 is 5.77. The standard InChI is InChI=1S/C25H26N4OS/c1-2-30-21-14-12-20(13-15-21)26-25(31)29(18-19-8-4-3-5-9-19)17-16-24-27-22-10-6-7-11-23(22)28-24/h3-15H,2,16-18H2,1H3,(H,26,31)(H,27,28). The molecule has 0 bridgehead atoms. The van der Waals surface area contributed by atoms with Gasteiger partial charge in [-0.2, -0.15) is 0 Å². The lowest BCUT2D eigenvalue weighted by Crippen LogP contribution is -2.36. The SMILES string of the molecule is CCOc1ccc(NC(=S)N(CCc2nc3ccccc3[nH]2)Cc2ccccc2)cc1. The molecule has 0 amide bonds. The average molecular weight is 431 g/mol. The van der Waals surface area contributed by atoms with Gasteiger partial charge in [-0.05, 0) is 61.1 Å². The van der Waals surface area contributed by atoms with Crippen molar-refractivity contribution in [3.8, 4) is 5.75 Å². The number of imidazole rings is 1. The minimum atomic E-state index is 0.651. The summed E-state index contributed by atoms with van der Waals surface area (Å²) in [5, 5.41) is 4.05. The Hall–Kier alpha value is -3.38. The molecule has 4 aromatic rings. The normalized spacial score (nSPS) is 10.7. The zero-order valence-electron chi connectivity index (χ0n) is 17.5. The Kier molecular flexibility index (Phi) is 6.79. The van der Waals surface area contributed by atoms with E-state index in [2.05, 4.69) is 39.5 Å². The molecule has 4 rings (SSSR count). The first-order valence-electron chi connectivity index (χ1n) is 10.5. The van der Waals surface area contributed by atoms with Gasteiger partial charge in [-0.25, -0.2) is 4.98 Å². The molecule has 3 aromatic carbocycles. The van der Waals surface area contributed by atoms with Crippen molar-refractivity contribution >= 4 is 34.1 Å². The highest BCUT2D eigenvalue weighted by molar-refractivity contribution is 7.80. The molecule has 1 heterocycles. The van der Waals surface area contributed by atoms with Crippen LogP contribution in [0.15, 0.2) is 78.9 Å². The number of aromatic nitrogens is 2. The number of nitrogens with zero attached hydrogens (tertiary/aromatic N) is 2. The van der Waals surface area contributed by atoms with Gasteiger partial charge in [0.25, 0.3) is 0 Å². The topological polar surface area (TPSA) is 53.2 Å². The minimum absolute atomic E-state index is 0.651. The molecule has 0 unspecified atom stereocenters. The number of para-hydroxylation sites is 2. The fourth-order valence-electron chi connectivity index (χ4n) is 3.42. The molecule has 2 N–H and O–H groups in total. The Morgan fingerprint density at radius 2 is 1.74 bits per heavy atom. The lowest BCUT2D eigenvalue weighted by molar-refractivity contribution is 0.340. The zero-order valence-corrected chi connectivity index (χ0v) is 18.4. The maximum Gasteiger partial charge on any atom is 0.173 e. The van der Waals surface area contributed by atoms with Crippen LogP contribution in [-0.2, 0) is 13.0 Å². The molecular formula is C25H26N4OS. The molecular weight excluding hydrogens is 404 g/mol. The summed E-state index contributed by atoms with van der Waals surface area (Å²) in [5.74, 6) is 1.81. The molecule has 1 aromatic heterocycles. The maximum atomic E-state index is 5.77. The van der Waals surface area contributed by atoms with Crippen LogP contribution in [-0.4, -0.2) is 33.1 Å². The number of rotatable bonds is 8. The Balaban J connectivity index is 1.46. The van der Waals surface area contributed by atoms with Crippen molar-refractivity contribution in [3.63, 3.8) is 0 Å². The van der Waals surface area contributed by atoms with E-state index >= 15 is 0 Å². The number of hydrogen-bond donors (Lipinski definition) is 2. The lowest BCUT2D eigenvalue weighted by atomic mass is 10.2. The number of anilines is 1. The first-order chi connectivity index (χ1) is 15.2. The van der Waals surface area contributed by atoms with Gasteiger partial charge in [0.1, 0.15) is 11.6 Å². The summed E-state index contributed by atoms with van der Waals surface area (Å²) < 4.78 is 5.52. The third-order valence-corrected chi connectivity index (χ3v) is 5.34. The molecule has 0 aliphatic rings. The lowest BCUT2D eigenvalue weighted by Gasteiger charge is -2.26. The van der Waals surface area contributed by atoms with Crippen LogP contribution in [0.5, 0.6) is 5.75 Å². The fourth-order valence-corrected chi connectivity index (χ4v) is 3.70. The number of benzene rings is 3. The summed E-state index contributed by atoms with van der Waals surface area (Å²) in [6, 6.07) is 26.3. The van der Waals surface area contributed by atoms with Crippen LogP contribution in [0.1, 0.15) is 18.3 Å². The third-order valence-electron chi connectivity index (χ3n) is 4.98. The molecule has 0 spiro atoms. The van der Waals surface area contributed by atoms with E-state index in [-0.39, 0.29) is 0 Å². The molecule has 0 saturated carbocycles. The summed E-state index contributed by atoms with van der Waals surface area (Å²) in [4.78, 5) is 10.3. The van der Waals surface area contributed by atoms with Gasteiger partial charge in [0.15, 0.2) is 5.11 Å². The second kappa shape index (κ2) is 10.1. The van der Waals surface area contributed by atoms with E-state index < -0.39 is 0 Å². The van der Waals surface area contributed by atoms with E-state index in [9.17, 15) is 0 Å². The van der Waals surface area contributed by atoms with Crippen molar-refractivity contribution in [1.29, 1.82) is 0 Å². The highest BCUT2D eigenvalue weighted by Crippen LogP contribution is 2.17. The van der Waals surface area contributed by atoms with Crippen LogP contribution in [0.2, 0.25) is 0 Å². The predicted octanol–water partition coefficient (Wildman–Crippen LogP) is 5.40. The van der Waals surface area contributed by atoms with Crippen LogP contribution in [0.4, 0.5) is 5.69 Å². The molecule has 0 radical (unpaired) electrons. The van der Waals surface area contributed by atoms with Gasteiger partial charge in [-0.3, -0.25) is 0 Å². The van der Waals surface area contributed by atoms with E-state index in [1.165, 1.54) is 5.56 Å². The first-order valence-corrected chi connectivity index (χ1v) is 10.9. The smallest absolute Gasteiger partial charge is 0.173 e. The van der Waals surface area contributed by atoms with Crippen LogP contribution in [0.25, 0.3) is 11.0 Å². The van der Waals surface area contributed by atoms with Crippen molar-refractivity contribution in [3.05, 3.63) is 90.3 Å². The highest BCUT2D eigenvalue weighted by atomic mass is 32.1. The molecule has 0 aliphatic heterocycles. The molecule has 0 atom stereocenters. The number of H-pyrrole nitrogens is 1. The summed E-state index contributed by atoms with van der Waals surface area (Å²) in [5.41, 5.74) is 4.20. The van der Waals surface area contributed by atoms with E-state index in [4.69, 9.17) is 21.9 Å². The van der Waals surface area contributed by atoms with Gasteiger partial charge < -0.3 is 19.9 Å². The van der Waals surface area contributed by atoms with Crippen LogP contribution in [0.3, 0.4) is 0 Å². The molecule has 31 heavy (non-hydrogen) atoms. The Morgan fingerprint density at radius 1 is 1.00 bits per heavy atom. The van der Waals surface area contributed by atoms with Crippen molar-refractivity contribution < 1.29 is 4.74 Å². The van der Waals surface area contributed by atoms with Gasteiger partial charge in [0.2, 0.25) is 0 Å². The van der Waals surface area contributed by atoms with E-state index in [0.29, 0.717) is 11.7 Å². The number of hydrogen-bond acceptors (Lipinski definition) is 3. The summed E-state index contributed by atoms with van der Waals surface area (Å²) in [7, 11) is 0. The Labute approximate surface area is 188 Å². The van der Waals surface area contributed by atoms with Crippen LogP contribution >= 0.6 is 12.2 Å². The van der Waals surface area contributed by atoms with Crippen molar-refractivity contribution in [2.75, 3.05) is 18.5 Å². The predicted molar refractivity (Wildman–Crippen MR) is 130 cm³/mol. The monoisotopic (exact) mass is 430 g/mol. The highest BCUT2D eigenvalue weighted by Gasteiger charge is 2.13.